The average molecular weight is 426 g/mol. The van der Waals surface area contributed by atoms with E-state index in [1.807, 2.05) is 31.2 Å². The van der Waals surface area contributed by atoms with Gasteiger partial charge in [-0.1, -0.05) is 11.8 Å². The lowest BCUT2D eigenvalue weighted by Crippen LogP contribution is -2.23. The number of ether oxygens (including phenoxy) is 1. The molecule has 9 heteroatoms. The molecule has 0 spiro atoms. The van der Waals surface area contributed by atoms with Crippen molar-refractivity contribution in [3.8, 4) is 17.1 Å². The predicted molar refractivity (Wildman–Crippen MR) is 117 cm³/mol. The summed E-state index contributed by atoms with van der Waals surface area (Å²) in [4.78, 5) is 23.9. The monoisotopic (exact) mass is 425 g/mol. The molecule has 3 rings (SSSR count). The van der Waals surface area contributed by atoms with E-state index in [0.29, 0.717) is 28.8 Å². The second-order valence-electron chi connectivity index (χ2n) is 6.52. The fraction of sp³-hybridized carbons (Fsp3) is 0.238. The fourth-order valence-electron chi connectivity index (χ4n) is 2.66. The van der Waals surface area contributed by atoms with Crippen molar-refractivity contribution in [1.29, 1.82) is 0 Å². The quantitative estimate of drug-likeness (QED) is 0.323. The van der Waals surface area contributed by atoms with Crippen molar-refractivity contribution in [2.45, 2.75) is 31.2 Å². The van der Waals surface area contributed by atoms with Crippen LogP contribution in [0.5, 0.6) is 5.75 Å². The number of nitrogens with two attached hydrogens (primary N) is 1. The standard InChI is InChI=1S/C21H23N5O3S/c1-4-29-18-11-7-16(8-12-18)19-24-25-21(26(19)22)30-14(3)20(28)23-17-9-5-15(6-10-17)13(2)27/h5-12,14H,4,22H2,1-3H3,(H,23,28)/t14-/m0/s1. The zero-order valence-electron chi connectivity index (χ0n) is 17.0. The summed E-state index contributed by atoms with van der Waals surface area (Å²) in [6, 6.07) is 14.1. The first-order valence-electron chi connectivity index (χ1n) is 9.41. The second-order valence-corrected chi connectivity index (χ2v) is 7.82. The van der Waals surface area contributed by atoms with Crippen molar-refractivity contribution in [2.75, 3.05) is 17.8 Å². The lowest BCUT2D eigenvalue weighted by Gasteiger charge is -2.12. The molecular weight excluding hydrogens is 402 g/mol. The second kappa shape index (κ2) is 9.45. The number of nitrogen functional groups attached to an aromatic ring is 1. The van der Waals surface area contributed by atoms with E-state index in [-0.39, 0.29) is 11.7 Å². The van der Waals surface area contributed by atoms with Gasteiger partial charge >= 0.3 is 0 Å². The maximum atomic E-state index is 12.5. The molecule has 0 fully saturated rings. The molecule has 1 aromatic heterocycles. The number of nitrogens with one attached hydrogen (secondary N) is 1. The van der Waals surface area contributed by atoms with Crippen LogP contribution in [-0.4, -0.2) is 38.4 Å². The minimum Gasteiger partial charge on any atom is -0.494 e. The number of amides is 1. The number of anilines is 1. The number of rotatable bonds is 8. The lowest BCUT2D eigenvalue weighted by atomic mass is 10.1. The van der Waals surface area contributed by atoms with E-state index in [9.17, 15) is 9.59 Å². The van der Waals surface area contributed by atoms with Gasteiger partial charge in [0.05, 0.1) is 11.9 Å². The molecule has 156 valence electrons. The molecule has 0 saturated heterocycles. The third-order valence-corrected chi connectivity index (χ3v) is 5.36. The molecule has 0 aliphatic carbocycles. The molecule has 8 nitrogen and oxygen atoms in total. The van der Waals surface area contributed by atoms with Gasteiger partial charge < -0.3 is 15.9 Å². The number of carbonyl (C=O) groups is 2. The Morgan fingerprint density at radius 2 is 1.80 bits per heavy atom. The highest BCUT2D eigenvalue weighted by Gasteiger charge is 2.20. The first kappa shape index (κ1) is 21.4. The van der Waals surface area contributed by atoms with E-state index < -0.39 is 5.25 Å². The van der Waals surface area contributed by atoms with E-state index >= 15 is 0 Å². The summed E-state index contributed by atoms with van der Waals surface area (Å²) in [5.41, 5.74) is 2.00. The highest BCUT2D eigenvalue weighted by Crippen LogP contribution is 2.26. The lowest BCUT2D eigenvalue weighted by molar-refractivity contribution is -0.115. The number of aromatic nitrogens is 3. The Balaban J connectivity index is 1.65. The summed E-state index contributed by atoms with van der Waals surface area (Å²) >= 11 is 1.21. The number of thioether (sulfide) groups is 1. The maximum absolute atomic E-state index is 12.5. The van der Waals surface area contributed by atoms with E-state index in [1.165, 1.54) is 23.4 Å². The Morgan fingerprint density at radius 3 is 2.40 bits per heavy atom. The first-order valence-corrected chi connectivity index (χ1v) is 10.3. The van der Waals surface area contributed by atoms with E-state index in [2.05, 4.69) is 15.5 Å². The zero-order valence-corrected chi connectivity index (χ0v) is 17.8. The molecule has 30 heavy (non-hydrogen) atoms. The highest BCUT2D eigenvalue weighted by atomic mass is 32.2. The molecule has 0 aliphatic heterocycles. The van der Waals surface area contributed by atoms with Crippen molar-refractivity contribution in [3.05, 3.63) is 54.1 Å². The SMILES string of the molecule is CCOc1ccc(-c2nnc(S[C@@H](C)C(=O)Nc3ccc(C(C)=O)cc3)n2N)cc1. The Labute approximate surface area is 178 Å². The highest BCUT2D eigenvalue weighted by molar-refractivity contribution is 8.00. The van der Waals surface area contributed by atoms with E-state index in [4.69, 9.17) is 10.6 Å². The van der Waals surface area contributed by atoms with Crippen LogP contribution in [0.4, 0.5) is 5.69 Å². The van der Waals surface area contributed by atoms with Crippen LogP contribution in [0.2, 0.25) is 0 Å². The van der Waals surface area contributed by atoms with Gasteiger partial charge in [0, 0.05) is 16.8 Å². The third kappa shape index (κ3) is 4.98. The number of benzene rings is 2. The Kier molecular flexibility index (Phi) is 6.73. The smallest absolute Gasteiger partial charge is 0.237 e. The molecule has 0 saturated carbocycles. The van der Waals surface area contributed by atoms with Crippen LogP contribution in [0, 0.1) is 0 Å². The van der Waals surface area contributed by atoms with Crippen LogP contribution >= 0.6 is 11.8 Å². The van der Waals surface area contributed by atoms with Crippen LogP contribution in [0.3, 0.4) is 0 Å². The molecule has 0 bridgehead atoms. The van der Waals surface area contributed by atoms with Crippen LogP contribution in [0.25, 0.3) is 11.4 Å². The molecule has 3 aromatic rings. The molecule has 2 aromatic carbocycles. The fourth-order valence-corrected chi connectivity index (χ4v) is 3.44. The number of hydrogen-bond donors (Lipinski definition) is 2. The van der Waals surface area contributed by atoms with Crippen LogP contribution in [0.15, 0.2) is 53.7 Å². The van der Waals surface area contributed by atoms with Gasteiger partial charge in [-0.3, -0.25) is 9.59 Å². The van der Waals surface area contributed by atoms with Gasteiger partial charge in [-0.2, -0.15) is 0 Å². The topological polar surface area (TPSA) is 112 Å². The predicted octanol–water partition coefficient (Wildman–Crippen LogP) is 3.38. The van der Waals surface area contributed by atoms with Crippen molar-refractivity contribution < 1.29 is 14.3 Å². The summed E-state index contributed by atoms with van der Waals surface area (Å²) in [5.74, 6) is 7.18. The van der Waals surface area contributed by atoms with Gasteiger partial charge in [-0.05, 0) is 69.3 Å². The first-order chi connectivity index (χ1) is 14.4. The van der Waals surface area contributed by atoms with Gasteiger partial charge in [0.1, 0.15) is 5.75 Å². The van der Waals surface area contributed by atoms with Crippen molar-refractivity contribution in [3.63, 3.8) is 0 Å². The largest absolute Gasteiger partial charge is 0.494 e. The van der Waals surface area contributed by atoms with Crippen molar-refractivity contribution in [2.24, 2.45) is 0 Å². The number of carbonyl (C=O) groups excluding carboxylic acids is 2. The van der Waals surface area contributed by atoms with Crippen molar-refractivity contribution in [1.82, 2.24) is 14.9 Å². The number of hydrogen-bond acceptors (Lipinski definition) is 7. The van der Waals surface area contributed by atoms with Crippen molar-refractivity contribution >= 4 is 29.1 Å². The van der Waals surface area contributed by atoms with Gasteiger partial charge in [0.15, 0.2) is 11.6 Å². The molecule has 1 atom stereocenters. The average Bonchev–Trinajstić information content (AvgIpc) is 3.09. The van der Waals surface area contributed by atoms with Gasteiger partial charge in [0.2, 0.25) is 11.1 Å². The van der Waals surface area contributed by atoms with E-state index in [1.54, 1.807) is 31.2 Å². The normalized spacial score (nSPS) is 11.7. The molecule has 0 aliphatic rings. The minimum atomic E-state index is -0.461. The molecular formula is C21H23N5O3S. The van der Waals surface area contributed by atoms with Gasteiger partial charge in [-0.25, -0.2) is 4.68 Å². The number of nitrogens with zero attached hydrogens (tertiary/aromatic N) is 3. The number of ketones is 1. The summed E-state index contributed by atoms with van der Waals surface area (Å²) in [6.45, 7) is 5.77. The summed E-state index contributed by atoms with van der Waals surface area (Å²) in [6.07, 6.45) is 0. The van der Waals surface area contributed by atoms with Crippen LogP contribution in [0.1, 0.15) is 31.1 Å². The molecule has 1 heterocycles. The maximum Gasteiger partial charge on any atom is 0.237 e. The molecule has 3 N–H and O–H groups in total. The zero-order chi connectivity index (χ0) is 21.7. The third-order valence-electron chi connectivity index (χ3n) is 4.30. The Morgan fingerprint density at radius 1 is 1.13 bits per heavy atom. The summed E-state index contributed by atoms with van der Waals surface area (Å²) < 4.78 is 6.81. The minimum absolute atomic E-state index is 0.0255. The molecule has 0 unspecified atom stereocenters. The summed E-state index contributed by atoms with van der Waals surface area (Å²) in [5, 5.41) is 11.0. The van der Waals surface area contributed by atoms with Gasteiger partial charge in [0.25, 0.3) is 0 Å². The molecule has 1 amide bonds. The Bertz CT molecular complexity index is 1030. The number of Topliss-reactive ketones (excluding diaryl/α,β-unsaturated/α-hetero) is 1. The van der Waals surface area contributed by atoms with Crippen LogP contribution in [-0.2, 0) is 4.79 Å². The molecule has 0 radical (unpaired) electrons. The Hall–Kier alpha value is -3.33. The van der Waals surface area contributed by atoms with Gasteiger partial charge in [-0.15, -0.1) is 10.2 Å². The van der Waals surface area contributed by atoms with E-state index in [0.717, 1.165) is 11.3 Å². The summed E-state index contributed by atoms with van der Waals surface area (Å²) in [7, 11) is 0. The van der Waals surface area contributed by atoms with Crippen LogP contribution < -0.4 is 15.9 Å².